The van der Waals surface area contributed by atoms with E-state index in [1.807, 2.05) is 172 Å². The van der Waals surface area contributed by atoms with Crippen LogP contribution in [0.15, 0.2) is 245 Å². The van der Waals surface area contributed by atoms with Crippen LogP contribution in [0, 0.1) is 49.2 Å². The number of benzene rings is 10. The van der Waals surface area contributed by atoms with Crippen molar-refractivity contribution in [3.05, 3.63) is 340 Å². The number of hydrogen-bond acceptors (Lipinski definition) is 13. The predicted octanol–water partition coefficient (Wildman–Crippen LogP) is 24.6. The number of likely N-dealkylation sites (tertiary alicyclic amines) is 1. The third-order valence-electron chi connectivity index (χ3n) is 28.2. The molecule has 4 bridgehead atoms. The molecular weight excluding hydrogens is 1840 g/mol. The number of nitrogens with one attached hydrogen (secondary N) is 2. The first-order valence-corrected chi connectivity index (χ1v) is 51.6. The van der Waals surface area contributed by atoms with E-state index in [2.05, 4.69) is 57.4 Å². The molecule has 143 heavy (non-hydrogen) atoms. The number of fused-ring (bicyclic) bond motifs is 3. The number of unbranched alkanes of at least 4 members (excludes halogenated alkanes) is 6. The van der Waals surface area contributed by atoms with Crippen molar-refractivity contribution in [1.29, 1.82) is 0 Å². The summed E-state index contributed by atoms with van der Waals surface area (Å²) in [4.78, 5) is 132. The van der Waals surface area contributed by atoms with Gasteiger partial charge in [0.25, 0.3) is 34.4 Å². The predicted molar refractivity (Wildman–Crippen MR) is 566 cm³/mol. The summed E-state index contributed by atoms with van der Waals surface area (Å²) in [6, 6.07) is 66.5. The van der Waals surface area contributed by atoms with Crippen LogP contribution in [0.1, 0.15) is 260 Å². The molecule has 10 aromatic carbocycles. The molecule has 6 amide bonds. The maximum absolute atomic E-state index is 14.3. The van der Waals surface area contributed by atoms with E-state index in [0.29, 0.717) is 135 Å². The molecule has 4 saturated carbocycles. The van der Waals surface area contributed by atoms with E-state index in [4.69, 9.17) is 47.6 Å². The second kappa shape index (κ2) is 49.2. The van der Waals surface area contributed by atoms with Crippen molar-refractivity contribution >= 4 is 85.6 Å². The lowest BCUT2D eigenvalue weighted by atomic mass is 9.53. The molecular formula is C117H134Cl2F2N12O10. The van der Waals surface area contributed by atoms with Crippen molar-refractivity contribution in [1.82, 2.24) is 58.9 Å². The molecule has 1 aliphatic heterocycles. The molecule has 5 aliphatic rings. The van der Waals surface area contributed by atoms with Crippen LogP contribution >= 0.6 is 23.2 Å². The van der Waals surface area contributed by atoms with Crippen LogP contribution in [0.3, 0.4) is 0 Å². The van der Waals surface area contributed by atoms with Crippen molar-refractivity contribution in [2.75, 3.05) is 46.9 Å². The summed E-state index contributed by atoms with van der Waals surface area (Å²) < 4.78 is 43.8. The molecule has 13 aromatic rings. The average Bonchev–Trinajstić information content (AvgIpc) is 1.09. The van der Waals surface area contributed by atoms with Gasteiger partial charge < -0.3 is 39.7 Å². The van der Waals surface area contributed by atoms with Crippen molar-refractivity contribution in [2.24, 2.45) is 23.7 Å². The van der Waals surface area contributed by atoms with Crippen molar-refractivity contribution < 1.29 is 42.2 Å². The Balaban J connectivity index is 0.000000153. The molecule has 2 N–H and O–H groups in total. The largest absolute Gasteiger partial charge is 0.497 e. The second-order valence-electron chi connectivity index (χ2n) is 38.9. The molecule has 1 saturated heterocycles. The smallest absolute Gasteiger partial charge is 0.318 e. The van der Waals surface area contributed by atoms with Gasteiger partial charge in [0.1, 0.15) is 46.6 Å². The van der Waals surface area contributed by atoms with Crippen molar-refractivity contribution in [2.45, 2.75) is 227 Å². The van der Waals surface area contributed by atoms with Gasteiger partial charge in [-0.05, 0) is 266 Å². The first-order valence-electron chi connectivity index (χ1n) is 50.8. The lowest BCUT2D eigenvalue weighted by molar-refractivity contribution is -0.124. The fourth-order valence-electron chi connectivity index (χ4n) is 21.3. The van der Waals surface area contributed by atoms with Gasteiger partial charge in [-0.15, -0.1) is 0 Å². The Bertz CT molecular complexity index is 6820. The zero-order valence-corrected chi connectivity index (χ0v) is 85.8. The highest BCUT2D eigenvalue weighted by atomic mass is 35.5. The normalized spacial score (nSPS) is 16.7. The maximum Gasteiger partial charge on any atom is 0.318 e. The maximum atomic E-state index is 14.3. The number of carbonyl (C=O) groups excluding carboxylic acids is 5. The molecule has 3 aromatic heterocycles. The highest BCUT2D eigenvalue weighted by Crippen LogP contribution is 2.56. The summed E-state index contributed by atoms with van der Waals surface area (Å²) in [6.07, 6.45) is 19.4. The topological polar surface area (TPSA) is 246 Å². The number of methoxy groups -OCH3 is 2. The number of amides is 6. The Hall–Kier alpha value is -13.2. The number of ether oxygens (including phenoxy) is 2. The number of hydrogen-bond donors (Lipinski definition) is 2. The third kappa shape index (κ3) is 25.0. The third-order valence-corrected chi connectivity index (χ3v) is 28.8. The lowest BCUT2D eigenvalue weighted by Crippen LogP contribution is -2.62. The summed E-state index contributed by atoms with van der Waals surface area (Å²) in [7, 11) is 3.06. The van der Waals surface area contributed by atoms with Crippen LogP contribution in [-0.2, 0) is 17.6 Å². The summed E-state index contributed by atoms with van der Waals surface area (Å²) >= 11 is 12.3. The Morgan fingerprint density at radius 2 is 1.02 bits per heavy atom. The van der Waals surface area contributed by atoms with Crippen LogP contribution in [0.5, 0.6) is 11.5 Å². The van der Waals surface area contributed by atoms with Gasteiger partial charge in [-0.25, -0.2) is 28.5 Å². The Kier molecular flexibility index (Phi) is 36.3. The standard InChI is InChI=1S/C32H35ClFN3O4.C32H35ClFN3O2.C32H40N4O2.C21H24N2O2/c1-5-7-8-11-18-36(31(38)24-16-15-22(40-3)20-29(24)41-4)28(6-2)30-35-27-13-10-9-12-23(27)32(39)37(30)21-14-17-26(34)25(33)19-21;1-4-7-8-11-20-36(31(38)23-16-14-22(5-2)15-17-23)29(6-3)30-35-28-13-10-9-12-25(28)32(39)37(30)24-18-19-27(34)26(33)21-24;1-20(2)19-35(31(38)34-32-16-23-13-24(17-32)15-25(14-23)18-32)22(4)29-33-27-11-7-6-10-26(27)30(37)36(29)28-12-8-5-9-21(28)3;1-16-7-5-10-18(15-16)21(25)23-14-6-11-19(23)20(24)22-13-12-17-8-3-2-4-9-17/h9-10,12-17,19-20,28H,5-8,11,18H2,1-4H3;9-10,12-19,21,29H,4-8,11,20H2,1-3H3;5-12,20,22-25H,13-19H2,1-4H3,(H,34,38);2-5,7-10,15,19H,6,11-14H2,1H3,(H,22,24). The summed E-state index contributed by atoms with van der Waals surface area (Å²) in [5, 5.41) is 7.79. The van der Waals surface area contributed by atoms with Gasteiger partial charge in [0.15, 0.2) is 0 Å². The first-order chi connectivity index (χ1) is 69.1. The Labute approximate surface area is 847 Å². The molecule has 22 nitrogen and oxygen atoms in total. The van der Waals surface area contributed by atoms with Crippen molar-refractivity contribution in [3.8, 4) is 28.6 Å². The van der Waals surface area contributed by atoms with E-state index in [9.17, 15) is 47.1 Å². The molecule has 4 unspecified atom stereocenters. The highest BCUT2D eigenvalue weighted by molar-refractivity contribution is 6.31. The average molecular weight is 1980 g/mol. The zero-order chi connectivity index (χ0) is 102. The Morgan fingerprint density at radius 3 is 1.52 bits per heavy atom. The van der Waals surface area contributed by atoms with Crippen LogP contribution < -0.4 is 36.8 Å². The van der Waals surface area contributed by atoms with Crippen molar-refractivity contribution in [3.63, 3.8) is 0 Å². The molecule has 18 rings (SSSR count). The summed E-state index contributed by atoms with van der Waals surface area (Å²) in [5.41, 5.74) is 8.54. The van der Waals surface area contributed by atoms with Gasteiger partial charge in [-0.1, -0.05) is 225 Å². The SMILES string of the molecule is CCCCCCN(C(=O)c1ccc(CC)cc1)C(CC)c1nc2ccccc2c(=O)n1-c1ccc(F)c(Cl)c1.CCCCCCN(C(=O)c1ccc(OC)cc1OC)C(CC)c1nc2ccccc2c(=O)n1-c1ccc(F)c(Cl)c1.Cc1cccc(C(=O)N2CCCC2C(=O)NCCc2ccccc2)c1.Cc1ccccc1-n1c(C(C)N(CC(C)C)C(=O)NC23CC4CC(CC(C4)C2)C3)nc2ccccc2c1=O. The monoisotopic (exact) mass is 1970 g/mol. The van der Waals surface area contributed by atoms with E-state index in [-0.39, 0.29) is 79.9 Å². The van der Waals surface area contributed by atoms with Gasteiger partial charge in [0, 0.05) is 55.5 Å². The number of aryl methyl sites for hydroxylation is 3. The number of aromatic nitrogens is 6. The zero-order valence-electron chi connectivity index (χ0n) is 84.3. The number of rotatable bonds is 34. The van der Waals surface area contributed by atoms with Gasteiger partial charge in [-0.2, -0.15) is 0 Å². The fourth-order valence-corrected chi connectivity index (χ4v) is 21.6. The van der Waals surface area contributed by atoms with Gasteiger partial charge in [0.2, 0.25) is 5.91 Å². The minimum absolute atomic E-state index is 0.0214. The minimum atomic E-state index is -0.592. The van der Waals surface area contributed by atoms with E-state index in [0.717, 1.165) is 136 Å². The first kappa shape index (κ1) is 106. The molecule has 0 spiro atoms. The van der Waals surface area contributed by atoms with E-state index in [1.165, 1.54) is 77.5 Å². The molecule has 4 aliphatic carbocycles. The van der Waals surface area contributed by atoms with E-state index < -0.39 is 23.7 Å². The quantitative estimate of drug-likeness (QED) is 0.0357. The molecule has 750 valence electrons. The molecule has 26 heteroatoms. The van der Waals surface area contributed by atoms with Gasteiger partial charge in [0.05, 0.1) is 97.7 Å². The number of halogens is 4. The number of urea groups is 1. The van der Waals surface area contributed by atoms with E-state index >= 15 is 0 Å². The van der Waals surface area contributed by atoms with Crippen LogP contribution in [0.25, 0.3) is 49.8 Å². The van der Waals surface area contributed by atoms with Gasteiger partial charge >= 0.3 is 6.03 Å². The van der Waals surface area contributed by atoms with Gasteiger partial charge in [-0.3, -0.25) is 47.3 Å². The second-order valence-corrected chi connectivity index (χ2v) is 39.7. The summed E-state index contributed by atoms with van der Waals surface area (Å²) in [5.74, 6) is 3.28. The van der Waals surface area contributed by atoms with Crippen LogP contribution in [-0.4, -0.2) is 136 Å². The highest BCUT2D eigenvalue weighted by Gasteiger charge is 2.52. The lowest BCUT2D eigenvalue weighted by Gasteiger charge is -2.57. The molecule has 0 radical (unpaired) electrons. The number of carbonyl (C=O) groups is 5. The molecule has 4 heterocycles. The minimum Gasteiger partial charge on any atom is -0.497 e. The molecule has 5 fully saturated rings. The number of para-hydroxylation sites is 4. The fraction of sp³-hybridized carbons (Fsp3) is 0.393. The molecule has 4 atom stereocenters. The number of nitrogens with zero attached hydrogens (tertiary/aromatic N) is 10. The Morgan fingerprint density at radius 1 is 0.510 bits per heavy atom. The summed E-state index contributed by atoms with van der Waals surface area (Å²) in [6.45, 7) is 23.4. The van der Waals surface area contributed by atoms with Crippen LogP contribution in [0.4, 0.5) is 13.6 Å². The van der Waals surface area contributed by atoms with Crippen LogP contribution in [0.2, 0.25) is 10.0 Å². The van der Waals surface area contributed by atoms with E-state index in [1.54, 1.807) is 76.1 Å².